The average Bonchev–Trinajstić information content (AvgIpc) is 3.95. The maximum atomic E-state index is 13.5. The Morgan fingerprint density at radius 1 is 0.644 bits per heavy atom. The van der Waals surface area contributed by atoms with Crippen molar-refractivity contribution < 1.29 is 0 Å². The predicted molar refractivity (Wildman–Crippen MR) is 232 cm³/mol. The number of hydrogen-bond donors (Lipinski definition) is 2. The molecule has 0 aliphatic carbocycles. The zero-order chi connectivity index (χ0) is 40.5. The molecular weight excluding hydrogens is 828 g/mol. The minimum atomic E-state index is -0.157. The van der Waals surface area contributed by atoms with Crippen LogP contribution in [0.1, 0.15) is 17.2 Å². The molecule has 0 aliphatic rings. The van der Waals surface area contributed by atoms with Gasteiger partial charge >= 0.3 is 0 Å². The third-order valence-corrected chi connectivity index (χ3v) is 11.9. The van der Waals surface area contributed by atoms with Crippen molar-refractivity contribution in [2.75, 3.05) is 0 Å². The minimum absolute atomic E-state index is 0.142. The first-order valence-corrected chi connectivity index (χ1v) is 20.6. The van der Waals surface area contributed by atoms with Gasteiger partial charge in [-0.3, -0.25) is 23.8 Å². The smallest absolute Gasteiger partial charge is 0.266 e. The molecule has 0 fully saturated rings. The highest BCUT2D eigenvalue weighted by Crippen LogP contribution is 2.30. The molecule has 290 valence electrons. The van der Waals surface area contributed by atoms with Crippen LogP contribution in [0.3, 0.4) is 0 Å². The number of imidazole rings is 1. The molecule has 18 heteroatoms. The third-order valence-electron chi connectivity index (χ3n) is 9.28. The summed E-state index contributed by atoms with van der Waals surface area (Å²) in [6.07, 6.45) is 6.23. The second-order valence-electron chi connectivity index (χ2n) is 12.9. The van der Waals surface area contributed by atoms with E-state index in [2.05, 4.69) is 40.1 Å². The number of nitrogens with zero attached hydrogens (tertiary/aromatic N) is 10. The van der Waals surface area contributed by atoms with Crippen LogP contribution in [0.2, 0.25) is 10.0 Å². The zero-order valence-corrected chi connectivity index (χ0v) is 33.9. The molecule has 10 aromatic rings. The van der Waals surface area contributed by atoms with Gasteiger partial charge in [0.2, 0.25) is 0 Å². The van der Waals surface area contributed by atoms with Gasteiger partial charge in [0.25, 0.3) is 11.1 Å². The van der Waals surface area contributed by atoms with E-state index < -0.39 is 0 Å². The van der Waals surface area contributed by atoms with E-state index >= 15 is 0 Å². The van der Waals surface area contributed by atoms with Crippen molar-refractivity contribution >= 4 is 90.7 Å². The maximum Gasteiger partial charge on any atom is 0.266 e. The number of para-hydroxylation sites is 3. The molecule has 6 aromatic heterocycles. The van der Waals surface area contributed by atoms with Crippen LogP contribution in [0.15, 0.2) is 136 Å². The van der Waals surface area contributed by atoms with Crippen molar-refractivity contribution in [1.82, 2.24) is 59.2 Å². The van der Waals surface area contributed by atoms with Gasteiger partial charge in [0.15, 0.2) is 11.3 Å². The summed E-state index contributed by atoms with van der Waals surface area (Å²) >= 11 is 15.8. The molecular formula is C41H28Cl2N12O2S2. The molecule has 0 aliphatic heterocycles. The van der Waals surface area contributed by atoms with E-state index in [1.165, 1.54) is 36.2 Å². The van der Waals surface area contributed by atoms with E-state index in [9.17, 15) is 9.59 Å². The first-order valence-electron chi connectivity index (χ1n) is 17.9. The zero-order valence-electron chi connectivity index (χ0n) is 30.7. The summed E-state index contributed by atoms with van der Waals surface area (Å²) in [6, 6.07) is 27.5. The molecule has 6 heterocycles. The van der Waals surface area contributed by atoms with Crippen molar-refractivity contribution in [3.8, 4) is 11.4 Å². The molecule has 2 N–H and O–H groups in total. The second kappa shape index (κ2) is 16.4. The standard InChI is InChI=1S/C21H15ClN6OS.C20H13ClN6OS/c1-12-5-4-7-14-17(12)21(29)28(15-8-3-2-6-13(15)22)16(27-14)9-30-20-18-19(24-10-23-18)25-11-26-20;21-14-6-2-4-8-16(14)27-17(25-15-7-3-1-5-12(15)20(27)28)10-29-19-13-9-24-26-18(13)22-11-23-19/h2-8,10-11H,9H2,1H3,(H,23,24,25,26);1-9,11H,10H2,(H,22,23,24,26). The largest absolute Gasteiger partial charge is 0.341 e. The molecule has 0 bridgehead atoms. The van der Waals surface area contributed by atoms with E-state index in [1.54, 1.807) is 39.9 Å². The van der Waals surface area contributed by atoms with Crippen LogP contribution in [0.4, 0.5) is 0 Å². The van der Waals surface area contributed by atoms with Gasteiger partial charge in [0, 0.05) is 0 Å². The fourth-order valence-electron chi connectivity index (χ4n) is 6.55. The van der Waals surface area contributed by atoms with Crippen molar-refractivity contribution in [2.24, 2.45) is 0 Å². The Bertz CT molecular complexity index is 3310. The molecule has 0 amide bonds. The molecule has 59 heavy (non-hydrogen) atoms. The number of aryl methyl sites for hydroxylation is 1. The van der Waals surface area contributed by atoms with E-state index in [4.69, 9.17) is 33.2 Å². The third kappa shape index (κ3) is 7.42. The van der Waals surface area contributed by atoms with Crippen LogP contribution in [0.25, 0.3) is 55.4 Å². The fraction of sp³-hybridized carbons (Fsp3) is 0.0732. The Kier molecular flexibility index (Phi) is 10.6. The van der Waals surface area contributed by atoms with E-state index in [0.717, 1.165) is 26.5 Å². The highest BCUT2D eigenvalue weighted by atomic mass is 35.5. The Morgan fingerprint density at radius 2 is 1.27 bits per heavy atom. The number of aromatic amines is 2. The van der Waals surface area contributed by atoms with E-state index in [-0.39, 0.29) is 11.1 Å². The van der Waals surface area contributed by atoms with Gasteiger partial charge < -0.3 is 4.98 Å². The predicted octanol–water partition coefficient (Wildman–Crippen LogP) is 8.30. The summed E-state index contributed by atoms with van der Waals surface area (Å²) < 4.78 is 3.17. The quantitative estimate of drug-likeness (QED) is 0.111. The van der Waals surface area contributed by atoms with Gasteiger partial charge in [-0.2, -0.15) is 5.10 Å². The maximum absolute atomic E-state index is 13.5. The minimum Gasteiger partial charge on any atom is -0.341 e. The number of aromatic nitrogens is 12. The number of nitrogens with one attached hydrogen (secondary N) is 2. The number of rotatable bonds is 8. The van der Waals surface area contributed by atoms with Gasteiger partial charge in [0.05, 0.1) is 72.6 Å². The van der Waals surface area contributed by atoms with Crippen molar-refractivity contribution in [2.45, 2.75) is 28.5 Å². The van der Waals surface area contributed by atoms with E-state index in [0.29, 0.717) is 77.7 Å². The summed E-state index contributed by atoms with van der Waals surface area (Å²) in [5, 5.41) is 11.3. The summed E-state index contributed by atoms with van der Waals surface area (Å²) in [4.78, 5) is 60.6. The molecule has 0 radical (unpaired) electrons. The Labute approximate surface area is 352 Å². The van der Waals surface area contributed by atoms with Crippen LogP contribution < -0.4 is 11.1 Å². The summed E-state index contributed by atoms with van der Waals surface area (Å²) in [5.41, 5.74) is 5.10. The normalized spacial score (nSPS) is 11.4. The van der Waals surface area contributed by atoms with Crippen LogP contribution in [0, 0.1) is 6.92 Å². The van der Waals surface area contributed by atoms with Gasteiger partial charge in [-0.25, -0.2) is 34.9 Å². The lowest BCUT2D eigenvalue weighted by Crippen LogP contribution is -2.24. The van der Waals surface area contributed by atoms with Crippen LogP contribution in [-0.2, 0) is 11.5 Å². The topological polar surface area (TPSA) is 179 Å². The first kappa shape index (κ1) is 38.1. The molecule has 0 unspecified atom stereocenters. The summed E-state index contributed by atoms with van der Waals surface area (Å²) in [7, 11) is 0. The van der Waals surface area contributed by atoms with Gasteiger partial charge in [-0.1, -0.05) is 95.3 Å². The van der Waals surface area contributed by atoms with Crippen molar-refractivity contribution in [3.63, 3.8) is 0 Å². The number of thioether (sulfide) groups is 2. The number of halogens is 2. The lowest BCUT2D eigenvalue weighted by Gasteiger charge is -2.15. The average molecular weight is 856 g/mol. The summed E-state index contributed by atoms with van der Waals surface area (Å²) in [6.45, 7) is 1.91. The van der Waals surface area contributed by atoms with Gasteiger partial charge in [-0.15, -0.1) is 0 Å². The van der Waals surface area contributed by atoms with Crippen molar-refractivity contribution in [3.05, 3.63) is 164 Å². The molecule has 0 saturated carbocycles. The monoisotopic (exact) mass is 854 g/mol. The summed E-state index contributed by atoms with van der Waals surface area (Å²) in [5.74, 6) is 2.00. The number of hydrogen-bond acceptors (Lipinski definition) is 12. The highest BCUT2D eigenvalue weighted by molar-refractivity contribution is 7.98. The highest BCUT2D eigenvalue weighted by Gasteiger charge is 2.19. The molecule has 0 saturated heterocycles. The Hall–Kier alpha value is -6.46. The van der Waals surface area contributed by atoms with Crippen LogP contribution in [0.5, 0.6) is 0 Å². The Balaban J connectivity index is 0.000000152. The lowest BCUT2D eigenvalue weighted by molar-refractivity contribution is 0.882. The number of benzene rings is 4. The van der Waals surface area contributed by atoms with Crippen molar-refractivity contribution in [1.29, 1.82) is 0 Å². The first-order chi connectivity index (χ1) is 28.9. The number of fused-ring (bicyclic) bond motifs is 4. The van der Waals surface area contributed by atoms with Gasteiger partial charge in [0.1, 0.15) is 39.9 Å². The molecule has 10 rings (SSSR count). The molecule has 4 aromatic carbocycles. The lowest BCUT2D eigenvalue weighted by atomic mass is 10.1. The van der Waals surface area contributed by atoms with Crippen LogP contribution in [-0.4, -0.2) is 59.2 Å². The second-order valence-corrected chi connectivity index (χ2v) is 15.6. The van der Waals surface area contributed by atoms with Crippen LogP contribution >= 0.6 is 46.7 Å². The van der Waals surface area contributed by atoms with E-state index in [1.807, 2.05) is 79.7 Å². The fourth-order valence-corrected chi connectivity index (χ4v) is 8.76. The molecule has 14 nitrogen and oxygen atoms in total. The molecule has 0 spiro atoms. The number of H-pyrrole nitrogens is 2. The molecule has 0 atom stereocenters. The SMILES string of the molecule is Cc1cccc2nc(CSc3ncnc4nc[nH]c34)n(-c3ccccc3Cl)c(=O)c12.O=c1c2ccccc2nc(CSc2ncnc3[nH]ncc23)n1-c1ccccc1Cl. The Morgan fingerprint density at radius 3 is 2.03 bits per heavy atom. The van der Waals surface area contributed by atoms with Gasteiger partial charge in [-0.05, 0) is 55.0 Å².